The summed E-state index contributed by atoms with van der Waals surface area (Å²) in [6.07, 6.45) is -0.264. The summed E-state index contributed by atoms with van der Waals surface area (Å²) in [5.74, 6) is -1.74. The Labute approximate surface area is 335 Å². The van der Waals surface area contributed by atoms with Gasteiger partial charge in [0.25, 0.3) is 0 Å². The quantitative estimate of drug-likeness (QED) is 0.0656. The highest BCUT2D eigenvalue weighted by Crippen LogP contribution is 2.34. The topological polar surface area (TPSA) is 203 Å². The summed E-state index contributed by atoms with van der Waals surface area (Å²) in [6, 6.07) is 42.8. The lowest BCUT2D eigenvalue weighted by molar-refractivity contribution is -0.139. The van der Waals surface area contributed by atoms with E-state index in [1.54, 1.807) is 36.4 Å². The molecule has 58 heavy (non-hydrogen) atoms. The van der Waals surface area contributed by atoms with E-state index in [1.165, 1.54) is 0 Å². The zero-order chi connectivity index (χ0) is 41.0. The number of fused-ring (bicyclic) bond motifs is 1. The number of carboxylic acid groups (broad SMARTS) is 2. The van der Waals surface area contributed by atoms with Crippen LogP contribution in [0.25, 0.3) is 21.9 Å². The van der Waals surface area contributed by atoms with Crippen LogP contribution in [0.5, 0.6) is 11.5 Å². The molecule has 6 rings (SSSR count). The van der Waals surface area contributed by atoms with E-state index < -0.39 is 30.1 Å². The lowest BCUT2D eigenvalue weighted by Crippen LogP contribution is -2.42. The number of ether oxygens (including phenoxy) is 2. The Hall–Kier alpha value is -7.02. The van der Waals surface area contributed by atoms with Crippen molar-refractivity contribution >= 4 is 34.5 Å². The Bertz CT molecular complexity index is 2350. The second kappa shape index (κ2) is 19.2. The Morgan fingerprint density at radius 3 is 1.66 bits per heavy atom. The van der Waals surface area contributed by atoms with Crippen LogP contribution in [-0.4, -0.2) is 59.1 Å². The van der Waals surface area contributed by atoms with E-state index in [4.69, 9.17) is 31.2 Å². The third kappa shape index (κ3) is 11.1. The Morgan fingerprint density at radius 2 is 1.09 bits per heavy atom. The molecule has 0 fully saturated rings. The molecule has 0 spiro atoms. The van der Waals surface area contributed by atoms with Gasteiger partial charge in [0.15, 0.2) is 0 Å². The van der Waals surface area contributed by atoms with Gasteiger partial charge in [0.1, 0.15) is 36.3 Å². The minimum absolute atomic E-state index is 0.0725. The van der Waals surface area contributed by atoms with E-state index in [0.717, 1.165) is 49.7 Å². The molecular weight excluding hydrogens is 737 g/mol. The van der Waals surface area contributed by atoms with Crippen molar-refractivity contribution in [3.05, 3.63) is 167 Å². The van der Waals surface area contributed by atoms with Gasteiger partial charge in [-0.05, 0) is 86.1 Å². The van der Waals surface area contributed by atoms with Gasteiger partial charge in [0.05, 0.1) is 12.8 Å². The van der Waals surface area contributed by atoms with Crippen molar-refractivity contribution in [3.63, 3.8) is 0 Å². The van der Waals surface area contributed by atoms with Gasteiger partial charge in [-0.1, -0.05) is 103 Å². The van der Waals surface area contributed by atoms with E-state index in [0.29, 0.717) is 18.1 Å². The summed E-state index contributed by atoms with van der Waals surface area (Å²) in [5.41, 5.74) is 17.4. The fraction of sp³-hybridized carbons (Fsp3) is 0.174. The molecule has 6 aromatic rings. The fourth-order valence-electron chi connectivity index (χ4n) is 6.30. The first-order chi connectivity index (χ1) is 28.0. The molecule has 8 N–H and O–H groups in total. The highest BCUT2D eigenvalue weighted by Gasteiger charge is 2.18. The summed E-state index contributed by atoms with van der Waals surface area (Å²) in [4.78, 5) is 46.4. The van der Waals surface area contributed by atoms with Gasteiger partial charge < -0.3 is 41.8 Å². The predicted molar refractivity (Wildman–Crippen MR) is 220 cm³/mol. The predicted octanol–water partition coefficient (Wildman–Crippen LogP) is 5.40. The smallest absolute Gasteiger partial charge is 0.322 e. The van der Waals surface area contributed by atoms with Gasteiger partial charge in [-0.3, -0.25) is 19.2 Å². The van der Waals surface area contributed by atoms with E-state index >= 15 is 0 Å². The normalized spacial score (nSPS) is 12.5. The zero-order valence-electron chi connectivity index (χ0n) is 31.5. The van der Waals surface area contributed by atoms with Crippen molar-refractivity contribution in [2.45, 2.75) is 37.6 Å². The maximum Gasteiger partial charge on any atom is 0.322 e. The number of hydrogen-bond donors (Lipinski definition) is 6. The number of rotatable bonds is 18. The molecule has 0 bridgehead atoms. The monoisotopic (exact) mass is 780 g/mol. The number of carbonyl (C=O) groups is 4. The van der Waals surface area contributed by atoms with Gasteiger partial charge in [0, 0.05) is 13.1 Å². The lowest BCUT2D eigenvalue weighted by Gasteiger charge is -2.21. The summed E-state index contributed by atoms with van der Waals surface area (Å²) in [7, 11) is 0. The van der Waals surface area contributed by atoms with Crippen LogP contribution in [-0.2, 0) is 38.6 Å². The van der Waals surface area contributed by atoms with Crippen LogP contribution < -0.4 is 31.6 Å². The molecule has 0 heterocycles. The number of nitrogens with two attached hydrogens (primary N) is 2. The van der Waals surface area contributed by atoms with Gasteiger partial charge in [-0.2, -0.15) is 0 Å². The van der Waals surface area contributed by atoms with Crippen LogP contribution >= 0.6 is 0 Å². The standard InChI is InChI=1S/C46H44N4O8/c47-40(45(53)54)26-49-42(51)24-29-10-18-36(19-11-29)57-28-31-22-35-8-4-5-9-38(35)39(23-31)32-14-16-34(17-15-32)44(33-6-2-1-3-7-33)58-37-20-12-30(13-21-37)25-43(52)50-27-41(48)46(55)56/h1-23,40-41,44H,24-28,47-48H2,(H,49,51)(H,50,52)(H,53,54)(H,55,56)/t40-,41-,44?/m0/s1. The van der Waals surface area contributed by atoms with Crippen LogP contribution in [0.15, 0.2) is 140 Å². The first-order valence-electron chi connectivity index (χ1n) is 18.7. The van der Waals surface area contributed by atoms with Crippen molar-refractivity contribution in [3.8, 4) is 22.6 Å². The molecular formula is C46H44N4O8. The maximum absolute atomic E-state index is 12.3. The zero-order valence-corrected chi connectivity index (χ0v) is 31.5. The van der Waals surface area contributed by atoms with E-state index in [9.17, 15) is 19.2 Å². The maximum atomic E-state index is 12.3. The van der Waals surface area contributed by atoms with E-state index in [-0.39, 0.29) is 37.7 Å². The molecule has 12 nitrogen and oxygen atoms in total. The Balaban J connectivity index is 1.14. The fourth-order valence-corrected chi connectivity index (χ4v) is 6.30. The highest BCUT2D eigenvalue weighted by molar-refractivity contribution is 5.97. The van der Waals surface area contributed by atoms with Crippen LogP contribution in [0.2, 0.25) is 0 Å². The molecule has 0 radical (unpaired) electrons. The van der Waals surface area contributed by atoms with Crippen LogP contribution in [0.4, 0.5) is 0 Å². The largest absolute Gasteiger partial charge is 0.489 e. The van der Waals surface area contributed by atoms with Gasteiger partial charge in [-0.15, -0.1) is 0 Å². The molecule has 0 saturated heterocycles. The molecule has 0 aliphatic heterocycles. The Kier molecular flexibility index (Phi) is 13.5. The minimum atomic E-state index is -1.18. The number of nitrogens with one attached hydrogen (secondary N) is 2. The lowest BCUT2D eigenvalue weighted by atomic mass is 9.93. The number of hydrogen-bond acceptors (Lipinski definition) is 8. The van der Waals surface area contributed by atoms with Crippen molar-refractivity contribution in [2.75, 3.05) is 13.1 Å². The van der Waals surface area contributed by atoms with Crippen LogP contribution in [0, 0.1) is 0 Å². The van der Waals surface area contributed by atoms with Gasteiger partial charge >= 0.3 is 11.9 Å². The van der Waals surface area contributed by atoms with Gasteiger partial charge in [-0.25, -0.2) is 0 Å². The number of carbonyl (C=O) groups excluding carboxylic acids is 2. The average Bonchev–Trinajstić information content (AvgIpc) is 3.24. The molecule has 3 atom stereocenters. The molecule has 296 valence electrons. The highest BCUT2D eigenvalue weighted by atomic mass is 16.5. The van der Waals surface area contributed by atoms with E-state index in [1.807, 2.05) is 54.6 Å². The van der Waals surface area contributed by atoms with E-state index in [2.05, 4.69) is 59.2 Å². The first-order valence-corrected chi connectivity index (χ1v) is 18.7. The second-order valence-electron chi connectivity index (χ2n) is 13.8. The summed E-state index contributed by atoms with van der Waals surface area (Å²) < 4.78 is 12.7. The Morgan fingerprint density at radius 1 is 0.569 bits per heavy atom. The molecule has 0 saturated carbocycles. The SMILES string of the molecule is N[C@@H](CNC(=O)Cc1ccc(OCc2cc(-c3ccc(C(Oc4ccc(CC(=O)NC[C@H](N)C(=O)O)cc4)c4ccccc4)cc3)c3ccccc3c2)cc1)C(=O)O. The molecule has 0 aliphatic carbocycles. The second-order valence-corrected chi connectivity index (χ2v) is 13.8. The molecule has 2 amide bonds. The minimum Gasteiger partial charge on any atom is -0.489 e. The molecule has 6 aromatic carbocycles. The van der Waals surface area contributed by atoms with Crippen LogP contribution in [0.3, 0.4) is 0 Å². The van der Waals surface area contributed by atoms with Gasteiger partial charge in [0.2, 0.25) is 11.8 Å². The number of benzene rings is 6. The summed E-state index contributed by atoms with van der Waals surface area (Å²) >= 11 is 0. The molecule has 0 aromatic heterocycles. The van der Waals surface area contributed by atoms with Crippen LogP contribution in [0.1, 0.15) is 33.9 Å². The molecule has 12 heteroatoms. The number of carboxylic acids is 2. The van der Waals surface area contributed by atoms with Crippen molar-refractivity contribution in [1.29, 1.82) is 0 Å². The molecule has 0 aliphatic rings. The summed E-state index contributed by atoms with van der Waals surface area (Å²) in [6.45, 7) is 0.0193. The van der Waals surface area contributed by atoms with Crippen molar-refractivity contribution in [1.82, 2.24) is 10.6 Å². The first kappa shape index (κ1) is 40.6. The third-order valence-electron chi connectivity index (χ3n) is 9.46. The van der Waals surface area contributed by atoms with Crippen molar-refractivity contribution < 1.29 is 38.9 Å². The average molecular weight is 781 g/mol. The number of aliphatic carboxylic acids is 2. The van der Waals surface area contributed by atoms with Crippen molar-refractivity contribution in [2.24, 2.45) is 11.5 Å². The summed E-state index contributed by atoms with van der Waals surface area (Å²) in [5, 5.41) is 25.1. The molecule has 1 unspecified atom stereocenters. The third-order valence-corrected chi connectivity index (χ3v) is 9.46. The number of amides is 2.